The highest BCUT2D eigenvalue weighted by molar-refractivity contribution is 7.89. The van der Waals surface area contributed by atoms with Gasteiger partial charge in [0.15, 0.2) is 8.32 Å². The van der Waals surface area contributed by atoms with Crippen LogP contribution in [-0.4, -0.2) is 32.0 Å². The van der Waals surface area contributed by atoms with Crippen LogP contribution in [0.15, 0.2) is 12.4 Å². The number of sulfonamides is 1. The van der Waals surface area contributed by atoms with E-state index in [0.29, 0.717) is 5.69 Å². The first-order valence-corrected chi connectivity index (χ1v) is 11.8. The van der Waals surface area contributed by atoms with Gasteiger partial charge in [0.05, 0.1) is 17.6 Å². The van der Waals surface area contributed by atoms with Gasteiger partial charge in [-0.3, -0.25) is 9.97 Å². The summed E-state index contributed by atoms with van der Waals surface area (Å²) >= 11 is 0. The van der Waals surface area contributed by atoms with Crippen LogP contribution >= 0.6 is 0 Å². The molecule has 0 bridgehead atoms. The van der Waals surface area contributed by atoms with E-state index in [1.165, 1.54) is 0 Å². The van der Waals surface area contributed by atoms with E-state index in [9.17, 15) is 8.42 Å². The Morgan fingerprint density at radius 2 is 1.77 bits per heavy atom. The molecule has 0 spiro atoms. The topological polar surface area (TPSA) is 95.2 Å². The average Bonchev–Trinajstić information content (AvgIpc) is 2.34. The lowest BCUT2D eigenvalue weighted by atomic mass is 10.2. The molecule has 2 N–H and O–H groups in total. The maximum absolute atomic E-state index is 11.8. The van der Waals surface area contributed by atoms with Gasteiger partial charge in [-0.25, -0.2) is 13.6 Å². The molecule has 0 aliphatic heterocycles. The molecule has 0 saturated heterocycles. The number of hydrogen-bond acceptors (Lipinski definition) is 5. The predicted molar refractivity (Wildman–Crippen MR) is 90.4 cm³/mol. The van der Waals surface area contributed by atoms with Crippen molar-refractivity contribution in [1.29, 1.82) is 0 Å². The van der Waals surface area contributed by atoms with Crippen LogP contribution in [0.5, 0.6) is 0 Å². The first-order valence-electron chi connectivity index (χ1n) is 7.23. The van der Waals surface area contributed by atoms with Gasteiger partial charge in [-0.05, 0) is 32.0 Å². The van der Waals surface area contributed by atoms with Crippen molar-refractivity contribution in [3.05, 3.63) is 23.8 Å². The molecule has 0 saturated carbocycles. The number of nitrogens with zero attached hydrogens (tertiary/aromatic N) is 2. The lowest BCUT2D eigenvalue weighted by molar-refractivity contribution is 0.176. The maximum atomic E-state index is 11.8. The summed E-state index contributed by atoms with van der Waals surface area (Å²) in [6, 6.07) is 0. The highest BCUT2D eigenvalue weighted by atomic mass is 32.2. The zero-order valence-corrected chi connectivity index (χ0v) is 16.2. The Morgan fingerprint density at radius 1 is 1.23 bits per heavy atom. The molecular weight excluding hydrogens is 318 g/mol. The maximum Gasteiger partial charge on any atom is 0.214 e. The Balaban J connectivity index is 3.27. The second-order valence-corrected chi connectivity index (χ2v) is 13.9. The van der Waals surface area contributed by atoms with Crippen LogP contribution in [0, 0.1) is 6.92 Å². The summed E-state index contributed by atoms with van der Waals surface area (Å²) in [6.07, 6.45) is 2.45. The second kappa shape index (κ2) is 6.35. The summed E-state index contributed by atoms with van der Waals surface area (Å²) in [4.78, 5) is 8.49. The van der Waals surface area contributed by atoms with Crippen molar-refractivity contribution in [3.63, 3.8) is 0 Å². The number of nitrogens with two attached hydrogens (primary N) is 1. The van der Waals surface area contributed by atoms with Gasteiger partial charge >= 0.3 is 0 Å². The van der Waals surface area contributed by atoms with Crippen molar-refractivity contribution in [2.75, 3.05) is 0 Å². The Morgan fingerprint density at radius 3 is 2.14 bits per heavy atom. The summed E-state index contributed by atoms with van der Waals surface area (Å²) in [7, 11) is -5.94. The van der Waals surface area contributed by atoms with Crippen LogP contribution in [0.4, 0.5) is 0 Å². The number of hydrogen-bond donors (Lipinski definition) is 1. The van der Waals surface area contributed by atoms with Gasteiger partial charge in [0.1, 0.15) is 11.4 Å². The van der Waals surface area contributed by atoms with Crippen molar-refractivity contribution in [1.82, 2.24) is 9.97 Å². The molecule has 2 atom stereocenters. The molecule has 1 aromatic rings. The molecule has 1 rings (SSSR count). The van der Waals surface area contributed by atoms with Gasteiger partial charge in [0.25, 0.3) is 0 Å². The molecular formula is C14H27N3O3SSi. The molecule has 0 radical (unpaired) electrons. The van der Waals surface area contributed by atoms with Gasteiger partial charge in [-0.15, -0.1) is 0 Å². The SMILES string of the molecule is Cc1cnc([C@@H](O[Si](C)(C)C(C)(C)C)[C@@H](C)S(N)(=O)=O)cn1. The smallest absolute Gasteiger partial charge is 0.214 e. The normalized spacial score (nSPS) is 16.4. The molecule has 6 nitrogen and oxygen atoms in total. The quantitative estimate of drug-likeness (QED) is 0.827. The highest BCUT2D eigenvalue weighted by Crippen LogP contribution is 2.40. The van der Waals surface area contributed by atoms with E-state index in [1.807, 2.05) is 6.92 Å². The fourth-order valence-electron chi connectivity index (χ4n) is 1.61. The minimum absolute atomic E-state index is 0.0541. The van der Waals surface area contributed by atoms with Gasteiger partial charge in [-0.1, -0.05) is 20.8 Å². The molecule has 8 heteroatoms. The number of aryl methyl sites for hydroxylation is 1. The predicted octanol–water partition coefficient (Wildman–Crippen LogP) is 2.52. The van der Waals surface area contributed by atoms with Crippen molar-refractivity contribution in [2.45, 2.75) is 64.1 Å². The molecule has 0 aliphatic carbocycles. The molecule has 126 valence electrons. The molecule has 0 aromatic carbocycles. The minimum Gasteiger partial charge on any atom is -0.407 e. The van der Waals surface area contributed by atoms with Crippen molar-refractivity contribution in [2.24, 2.45) is 5.14 Å². The van der Waals surface area contributed by atoms with Crippen LogP contribution in [0.25, 0.3) is 0 Å². The number of primary sulfonamides is 1. The van der Waals surface area contributed by atoms with Crippen molar-refractivity contribution < 1.29 is 12.8 Å². The van der Waals surface area contributed by atoms with Gasteiger partial charge < -0.3 is 4.43 Å². The first kappa shape index (κ1) is 19.2. The lowest BCUT2D eigenvalue weighted by Gasteiger charge is -2.40. The standard InChI is InChI=1S/C14H27N3O3SSi/c1-10-8-17-12(9-16-10)13(11(2)21(15,18)19)20-22(6,7)14(3,4)5/h8-9,11,13H,1-7H3,(H2,15,18,19)/t11-,13+/m1/s1. The number of rotatable bonds is 5. The summed E-state index contributed by atoms with van der Waals surface area (Å²) in [6.45, 7) is 13.8. The summed E-state index contributed by atoms with van der Waals surface area (Å²) in [5.41, 5.74) is 1.26. The molecule has 0 fully saturated rings. The third-order valence-electron chi connectivity index (χ3n) is 4.26. The second-order valence-electron chi connectivity index (χ2n) is 7.18. The van der Waals surface area contributed by atoms with Gasteiger partial charge in [-0.2, -0.15) is 0 Å². The van der Waals surface area contributed by atoms with E-state index in [0.717, 1.165) is 5.69 Å². The van der Waals surface area contributed by atoms with Crippen molar-refractivity contribution >= 4 is 18.3 Å². The van der Waals surface area contributed by atoms with E-state index in [1.54, 1.807) is 19.3 Å². The molecule has 0 aliphatic rings. The first-order chi connectivity index (χ1) is 9.75. The Labute approximate surface area is 134 Å². The fourth-order valence-corrected chi connectivity index (χ4v) is 3.56. The van der Waals surface area contributed by atoms with Crippen LogP contribution in [0.1, 0.15) is 45.2 Å². The summed E-state index contributed by atoms with van der Waals surface area (Å²) in [5.74, 6) is 0. The largest absolute Gasteiger partial charge is 0.407 e. The third kappa shape index (κ3) is 4.58. The van der Waals surface area contributed by atoms with Crippen LogP contribution < -0.4 is 5.14 Å². The summed E-state index contributed by atoms with van der Waals surface area (Å²) in [5, 5.41) is 4.39. The fraction of sp³-hybridized carbons (Fsp3) is 0.714. The molecule has 0 unspecified atom stereocenters. The molecule has 22 heavy (non-hydrogen) atoms. The summed E-state index contributed by atoms with van der Waals surface area (Å²) < 4.78 is 29.9. The lowest BCUT2D eigenvalue weighted by Crippen LogP contribution is -2.45. The van der Waals surface area contributed by atoms with Crippen LogP contribution in [0.3, 0.4) is 0 Å². The van der Waals surface area contributed by atoms with Gasteiger partial charge in [0, 0.05) is 6.20 Å². The Bertz CT molecular complexity index is 609. The van der Waals surface area contributed by atoms with Crippen molar-refractivity contribution in [3.8, 4) is 0 Å². The molecule has 0 amide bonds. The average molecular weight is 346 g/mol. The van der Waals surface area contributed by atoms with E-state index in [-0.39, 0.29) is 5.04 Å². The zero-order valence-electron chi connectivity index (χ0n) is 14.4. The zero-order chi connectivity index (χ0) is 17.3. The highest BCUT2D eigenvalue weighted by Gasteiger charge is 2.42. The minimum atomic E-state index is -3.75. The Kier molecular flexibility index (Phi) is 5.54. The molecule has 1 aromatic heterocycles. The van der Waals surface area contributed by atoms with E-state index >= 15 is 0 Å². The Hall–Kier alpha value is -0.833. The van der Waals surface area contributed by atoms with E-state index in [4.69, 9.17) is 9.56 Å². The van der Waals surface area contributed by atoms with E-state index in [2.05, 4.69) is 43.8 Å². The van der Waals surface area contributed by atoms with E-state index < -0.39 is 29.7 Å². The monoisotopic (exact) mass is 345 g/mol. The van der Waals surface area contributed by atoms with Gasteiger partial charge in [0.2, 0.25) is 10.0 Å². The third-order valence-corrected chi connectivity index (χ3v) is 10.0. The number of aromatic nitrogens is 2. The van der Waals surface area contributed by atoms with Crippen LogP contribution in [-0.2, 0) is 14.4 Å². The van der Waals surface area contributed by atoms with Crippen LogP contribution in [0.2, 0.25) is 18.1 Å². The molecule has 1 heterocycles.